The Bertz CT molecular complexity index is 834. The van der Waals surface area contributed by atoms with E-state index in [2.05, 4.69) is 10.4 Å². The highest BCUT2D eigenvalue weighted by atomic mass is 35.5. The van der Waals surface area contributed by atoms with E-state index in [1.807, 2.05) is 42.5 Å². The number of aryl methyl sites for hydroxylation is 1. The highest BCUT2D eigenvalue weighted by Gasteiger charge is 2.15. The van der Waals surface area contributed by atoms with Gasteiger partial charge in [-0.2, -0.15) is 5.10 Å². The smallest absolute Gasteiger partial charge is 0.321 e. The minimum atomic E-state index is -0.196. The Labute approximate surface area is 139 Å². The molecule has 0 saturated carbocycles. The molecular formula is C17H17ClN4O. The molecule has 1 heterocycles. The lowest BCUT2D eigenvalue weighted by Gasteiger charge is -2.19. The highest BCUT2D eigenvalue weighted by Crippen LogP contribution is 2.23. The molecule has 23 heavy (non-hydrogen) atoms. The molecule has 1 N–H and O–H groups in total. The highest BCUT2D eigenvalue weighted by molar-refractivity contribution is 6.31. The fraction of sp³-hybridized carbons (Fsp3) is 0.176. The van der Waals surface area contributed by atoms with Crippen LogP contribution in [-0.4, -0.2) is 27.8 Å². The van der Waals surface area contributed by atoms with Gasteiger partial charge in [-0.3, -0.25) is 4.68 Å². The zero-order chi connectivity index (χ0) is 16.4. The van der Waals surface area contributed by atoms with Crippen LogP contribution in [0.25, 0.3) is 10.8 Å². The Morgan fingerprint density at radius 3 is 2.74 bits per heavy atom. The molecule has 0 aliphatic heterocycles. The number of nitrogens with zero attached hydrogens (tertiary/aromatic N) is 3. The molecule has 3 rings (SSSR count). The Kier molecular flexibility index (Phi) is 4.21. The number of aromatic nitrogens is 2. The minimum absolute atomic E-state index is 0.196. The molecule has 0 saturated heterocycles. The van der Waals surface area contributed by atoms with Crippen LogP contribution in [0.15, 0.2) is 48.7 Å². The minimum Gasteiger partial charge on any atom is -0.322 e. The van der Waals surface area contributed by atoms with E-state index >= 15 is 0 Å². The van der Waals surface area contributed by atoms with E-state index in [-0.39, 0.29) is 6.03 Å². The van der Waals surface area contributed by atoms with Crippen molar-refractivity contribution in [3.8, 4) is 0 Å². The molecule has 0 bridgehead atoms. The maximum absolute atomic E-state index is 12.4. The first-order valence-corrected chi connectivity index (χ1v) is 7.60. The van der Waals surface area contributed by atoms with Crippen LogP contribution < -0.4 is 5.32 Å². The van der Waals surface area contributed by atoms with Gasteiger partial charge in [0.1, 0.15) is 0 Å². The fourth-order valence-electron chi connectivity index (χ4n) is 2.46. The number of fused-ring (bicyclic) bond motifs is 1. The second-order valence-corrected chi connectivity index (χ2v) is 5.78. The Morgan fingerprint density at radius 2 is 2.00 bits per heavy atom. The molecule has 0 fully saturated rings. The number of anilines is 1. The lowest BCUT2D eigenvalue weighted by Crippen LogP contribution is -2.31. The predicted molar refractivity (Wildman–Crippen MR) is 92.7 cm³/mol. The molecule has 0 unspecified atom stereocenters. The first-order valence-electron chi connectivity index (χ1n) is 7.22. The topological polar surface area (TPSA) is 50.2 Å². The summed E-state index contributed by atoms with van der Waals surface area (Å²) in [6, 6.07) is 13.6. The van der Waals surface area contributed by atoms with Crippen LogP contribution >= 0.6 is 11.6 Å². The molecule has 5 nitrogen and oxygen atoms in total. The lowest BCUT2D eigenvalue weighted by molar-refractivity contribution is 0.219. The standard InChI is InChI=1S/C17H17ClN4O/c1-21(11-16-14(18)10-19-22(16)2)17(23)20-15-9-5-7-12-6-3-4-8-13(12)15/h3-10H,11H2,1-2H3,(H,20,23). The maximum Gasteiger partial charge on any atom is 0.321 e. The zero-order valence-electron chi connectivity index (χ0n) is 13.0. The Morgan fingerprint density at radius 1 is 1.26 bits per heavy atom. The van der Waals surface area contributed by atoms with Gasteiger partial charge in [-0.05, 0) is 11.5 Å². The first-order chi connectivity index (χ1) is 11.1. The number of carbonyl (C=O) groups is 1. The van der Waals surface area contributed by atoms with Crippen molar-refractivity contribution in [2.24, 2.45) is 7.05 Å². The van der Waals surface area contributed by atoms with Gasteiger partial charge in [-0.25, -0.2) is 4.79 Å². The number of rotatable bonds is 3. The van der Waals surface area contributed by atoms with Gasteiger partial charge in [0.15, 0.2) is 0 Å². The number of benzene rings is 2. The summed E-state index contributed by atoms with van der Waals surface area (Å²) in [4.78, 5) is 14.0. The van der Waals surface area contributed by atoms with Crippen LogP contribution in [0.5, 0.6) is 0 Å². The van der Waals surface area contributed by atoms with E-state index in [4.69, 9.17) is 11.6 Å². The summed E-state index contributed by atoms with van der Waals surface area (Å²) in [6.45, 7) is 0.381. The zero-order valence-corrected chi connectivity index (χ0v) is 13.7. The molecule has 1 aromatic heterocycles. The molecule has 118 valence electrons. The second kappa shape index (κ2) is 6.30. The van der Waals surface area contributed by atoms with Crippen LogP contribution in [0, 0.1) is 0 Å². The van der Waals surface area contributed by atoms with Crippen molar-refractivity contribution in [3.63, 3.8) is 0 Å². The summed E-state index contributed by atoms with van der Waals surface area (Å²) in [6.07, 6.45) is 1.58. The number of amides is 2. The molecule has 0 spiro atoms. The largest absolute Gasteiger partial charge is 0.322 e. The van der Waals surface area contributed by atoms with Crippen molar-refractivity contribution in [3.05, 3.63) is 59.4 Å². The third-order valence-electron chi connectivity index (χ3n) is 3.78. The van der Waals surface area contributed by atoms with Crippen molar-refractivity contribution in [1.29, 1.82) is 0 Å². The molecule has 0 aliphatic carbocycles. The van der Waals surface area contributed by atoms with Gasteiger partial charge < -0.3 is 10.2 Å². The van der Waals surface area contributed by atoms with E-state index in [0.717, 1.165) is 22.2 Å². The summed E-state index contributed by atoms with van der Waals surface area (Å²) >= 11 is 6.09. The first kappa shape index (κ1) is 15.4. The van der Waals surface area contributed by atoms with Crippen molar-refractivity contribution >= 4 is 34.1 Å². The average Bonchev–Trinajstić information content (AvgIpc) is 2.87. The number of hydrogen-bond donors (Lipinski definition) is 1. The third-order valence-corrected chi connectivity index (χ3v) is 4.09. The van der Waals surface area contributed by atoms with Crippen LogP contribution in [0.2, 0.25) is 5.02 Å². The Hall–Kier alpha value is -2.53. The predicted octanol–water partition coefficient (Wildman–Crippen LogP) is 3.89. The lowest BCUT2D eigenvalue weighted by atomic mass is 10.1. The molecule has 6 heteroatoms. The van der Waals surface area contributed by atoms with Crippen molar-refractivity contribution in [1.82, 2.24) is 14.7 Å². The molecule has 3 aromatic rings. The van der Waals surface area contributed by atoms with Gasteiger partial charge in [-0.1, -0.05) is 48.0 Å². The van der Waals surface area contributed by atoms with E-state index < -0.39 is 0 Å². The molecule has 2 amide bonds. The van der Waals surface area contributed by atoms with Gasteiger partial charge >= 0.3 is 6.03 Å². The number of carbonyl (C=O) groups excluding carboxylic acids is 1. The van der Waals surface area contributed by atoms with Gasteiger partial charge in [0.25, 0.3) is 0 Å². The van der Waals surface area contributed by atoms with Gasteiger partial charge in [0, 0.05) is 19.5 Å². The van der Waals surface area contributed by atoms with Crippen molar-refractivity contribution < 1.29 is 4.79 Å². The number of nitrogens with one attached hydrogen (secondary N) is 1. The van der Waals surface area contributed by atoms with Crippen LogP contribution in [0.3, 0.4) is 0 Å². The van der Waals surface area contributed by atoms with E-state index in [1.54, 1.807) is 29.9 Å². The number of hydrogen-bond acceptors (Lipinski definition) is 2. The van der Waals surface area contributed by atoms with Crippen molar-refractivity contribution in [2.75, 3.05) is 12.4 Å². The monoisotopic (exact) mass is 328 g/mol. The quantitative estimate of drug-likeness (QED) is 0.793. The van der Waals surface area contributed by atoms with Crippen LogP contribution in [-0.2, 0) is 13.6 Å². The summed E-state index contributed by atoms with van der Waals surface area (Å²) in [7, 11) is 3.53. The van der Waals surface area contributed by atoms with E-state index in [9.17, 15) is 4.79 Å². The van der Waals surface area contributed by atoms with Crippen LogP contribution in [0.4, 0.5) is 10.5 Å². The van der Waals surface area contributed by atoms with Crippen LogP contribution in [0.1, 0.15) is 5.69 Å². The maximum atomic E-state index is 12.4. The molecular weight excluding hydrogens is 312 g/mol. The van der Waals surface area contributed by atoms with Crippen molar-refractivity contribution in [2.45, 2.75) is 6.54 Å². The summed E-state index contributed by atoms with van der Waals surface area (Å²) in [5.41, 5.74) is 1.58. The van der Waals surface area contributed by atoms with Gasteiger partial charge in [-0.15, -0.1) is 0 Å². The second-order valence-electron chi connectivity index (χ2n) is 5.38. The van der Waals surface area contributed by atoms with Gasteiger partial charge in [0.05, 0.1) is 29.1 Å². The van der Waals surface area contributed by atoms with Gasteiger partial charge in [0.2, 0.25) is 0 Å². The fourth-order valence-corrected chi connectivity index (χ4v) is 2.68. The number of halogens is 1. The van der Waals surface area contributed by atoms with E-state index in [0.29, 0.717) is 11.6 Å². The molecule has 0 aliphatic rings. The molecule has 2 aromatic carbocycles. The third kappa shape index (κ3) is 3.14. The summed E-state index contributed by atoms with van der Waals surface area (Å²) < 4.78 is 1.67. The summed E-state index contributed by atoms with van der Waals surface area (Å²) in [5, 5.41) is 9.68. The SMILES string of the molecule is CN(Cc1c(Cl)cnn1C)C(=O)Nc1cccc2ccccc12. The summed E-state index contributed by atoms with van der Waals surface area (Å²) in [5.74, 6) is 0. The Balaban J connectivity index is 1.78. The average molecular weight is 329 g/mol. The number of urea groups is 1. The normalized spacial score (nSPS) is 10.7. The molecule has 0 radical (unpaired) electrons. The molecule has 0 atom stereocenters. The van der Waals surface area contributed by atoms with E-state index in [1.165, 1.54) is 0 Å².